The predicted octanol–water partition coefficient (Wildman–Crippen LogP) is -1.07. The van der Waals surface area contributed by atoms with E-state index in [2.05, 4.69) is 10.2 Å². The lowest BCUT2D eigenvalue weighted by Crippen LogP contribution is -2.64. The van der Waals surface area contributed by atoms with Crippen LogP contribution < -0.4 is 5.32 Å². The summed E-state index contributed by atoms with van der Waals surface area (Å²) in [6.07, 6.45) is 1.07. The van der Waals surface area contributed by atoms with Gasteiger partial charge in [0.1, 0.15) is 0 Å². The van der Waals surface area contributed by atoms with Gasteiger partial charge in [0.05, 0.1) is 11.5 Å². The van der Waals surface area contributed by atoms with Gasteiger partial charge in [0, 0.05) is 51.7 Å². The lowest BCUT2D eigenvalue weighted by molar-refractivity contribution is -0.139. The number of rotatable bonds is 3. The van der Waals surface area contributed by atoms with Gasteiger partial charge in [-0.05, 0) is 12.3 Å². The van der Waals surface area contributed by atoms with Crippen LogP contribution in [0.5, 0.6) is 0 Å². The molecule has 7 heteroatoms. The van der Waals surface area contributed by atoms with E-state index in [1.807, 2.05) is 4.90 Å². The van der Waals surface area contributed by atoms with Crippen molar-refractivity contribution in [1.29, 1.82) is 0 Å². The SMILES string of the molecule is O=C(CC1CCS(=O)(=O)C1)N1CC(N2CCNCC2)C1. The number of piperazine rings is 1. The van der Waals surface area contributed by atoms with Crippen molar-refractivity contribution in [3.05, 3.63) is 0 Å². The van der Waals surface area contributed by atoms with Gasteiger partial charge in [-0.25, -0.2) is 8.42 Å². The van der Waals surface area contributed by atoms with Gasteiger partial charge in [-0.2, -0.15) is 0 Å². The average molecular weight is 301 g/mol. The second-order valence-electron chi connectivity index (χ2n) is 6.21. The molecule has 0 aliphatic carbocycles. The number of nitrogens with one attached hydrogen (secondary N) is 1. The first-order valence-electron chi connectivity index (χ1n) is 7.46. The summed E-state index contributed by atoms with van der Waals surface area (Å²) in [6.45, 7) is 5.83. The minimum Gasteiger partial charge on any atom is -0.339 e. The van der Waals surface area contributed by atoms with E-state index in [-0.39, 0.29) is 23.3 Å². The molecule has 0 saturated carbocycles. The first-order chi connectivity index (χ1) is 9.53. The molecular formula is C13H23N3O3S. The number of carbonyl (C=O) groups excluding carboxylic acids is 1. The van der Waals surface area contributed by atoms with E-state index >= 15 is 0 Å². The summed E-state index contributed by atoms with van der Waals surface area (Å²) in [4.78, 5) is 16.5. The highest BCUT2D eigenvalue weighted by atomic mass is 32.2. The van der Waals surface area contributed by atoms with Crippen LogP contribution in [0.15, 0.2) is 0 Å². The summed E-state index contributed by atoms with van der Waals surface area (Å²) in [5.41, 5.74) is 0. The van der Waals surface area contributed by atoms with Crippen LogP contribution in [0.2, 0.25) is 0 Å². The van der Waals surface area contributed by atoms with Crippen LogP contribution in [0, 0.1) is 5.92 Å². The van der Waals surface area contributed by atoms with E-state index < -0.39 is 9.84 Å². The molecule has 0 spiro atoms. The van der Waals surface area contributed by atoms with Gasteiger partial charge in [-0.1, -0.05) is 0 Å². The van der Waals surface area contributed by atoms with E-state index in [0.717, 1.165) is 39.3 Å². The molecule has 3 aliphatic rings. The second-order valence-corrected chi connectivity index (χ2v) is 8.44. The molecule has 0 aromatic heterocycles. The molecule has 3 fully saturated rings. The van der Waals surface area contributed by atoms with Gasteiger partial charge in [0.15, 0.2) is 9.84 Å². The van der Waals surface area contributed by atoms with Crippen LogP contribution in [0.25, 0.3) is 0 Å². The van der Waals surface area contributed by atoms with Crippen molar-refractivity contribution in [3.8, 4) is 0 Å². The number of nitrogens with zero attached hydrogens (tertiary/aromatic N) is 2. The molecule has 6 nitrogen and oxygen atoms in total. The van der Waals surface area contributed by atoms with Gasteiger partial charge in [-0.3, -0.25) is 9.69 Å². The van der Waals surface area contributed by atoms with E-state index in [4.69, 9.17) is 0 Å². The Morgan fingerprint density at radius 1 is 1.20 bits per heavy atom. The molecule has 3 rings (SSSR count). The smallest absolute Gasteiger partial charge is 0.222 e. The van der Waals surface area contributed by atoms with Gasteiger partial charge in [0.2, 0.25) is 5.91 Å². The molecule has 0 bridgehead atoms. The summed E-state index contributed by atoms with van der Waals surface area (Å²) in [5, 5.41) is 3.33. The molecule has 1 N–H and O–H groups in total. The summed E-state index contributed by atoms with van der Waals surface area (Å²) >= 11 is 0. The fourth-order valence-electron chi connectivity index (χ4n) is 3.35. The van der Waals surface area contributed by atoms with Crippen LogP contribution in [0.3, 0.4) is 0 Å². The first-order valence-corrected chi connectivity index (χ1v) is 9.28. The van der Waals surface area contributed by atoms with Gasteiger partial charge < -0.3 is 10.2 Å². The Balaban J connectivity index is 1.42. The number of hydrogen-bond donors (Lipinski definition) is 1. The highest BCUT2D eigenvalue weighted by Crippen LogP contribution is 2.24. The van der Waals surface area contributed by atoms with E-state index in [1.165, 1.54) is 0 Å². The fraction of sp³-hybridized carbons (Fsp3) is 0.923. The Bertz CT molecular complexity index is 467. The van der Waals surface area contributed by atoms with Crippen LogP contribution in [-0.4, -0.2) is 80.9 Å². The molecule has 0 aromatic carbocycles. The Morgan fingerprint density at radius 2 is 1.90 bits per heavy atom. The maximum atomic E-state index is 12.1. The quantitative estimate of drug-likeness (QED) is 0.719. The van der Waals surface area contributed by atoms with Crippen LogP contribution >= 0.6 is 0 Å². The predicted molar refractivity (Wildman–Crippen MR) is 76.2 cm³/mol. The molecule has 1 unspecified atom stereocenters. The van der Waals surface area contributed by atoms with Gasteiger partial charge >= 0.3 is 0 Å². The van der Waals surface area contributed by atoms with Gasteiger partial charge in [0.25, 0.3) is 0 Å². The Hall–Kier alpha value is -0.660. The van der Waals surface area contributed by atoms with Gasteiger partial charge in [-0.15, -0.1) is 0 Å². The molecule has 3 heterocycles. The Labute approximate surface area is 120 Å². The lowest BCUT2D eigenvalue weighted by atomic mass is 10.0. The summed E-state index contributed by atoms with van der Waals surface area (Å²) in [7, 11) is -2.87. The molecule has 20 heavy (non-hydrogen) atoms. The molecule has 0 radical (unpaired) electrons. The summed E-state index contributed by atoms with van der Waals surface area (Å²) in [6, 6.07) is 0.508. The van der Waals surface area contributed by atoms with Crippen LogP contribution in [0.4, 0.5) is 0 Å². The third kappa shape index (κ3) is 3.15. The third-order valence-electron chi connectivity index (χ3n) is 4.67. The molecule has 1 atom stereocenters. The Kier molecular flexibility index (Phi) is 4.01. The van der Waals surface area contributed by atoms with Crippen molar-refractivity contribution >= 4 is 15.7 Å². The molecule has 114 valence electrons. The minimum absolute atomic E-state index is 0.0470. The fourth-order valence-corrected chi connectivity index (χ4v) is 5.21. The van der Waals surface area contributed by atoms with Crippen molar-refractivity contribution in [2.45, 2.75) is 18.9 Å². The van der Waals surface area contributed by atoms with E-state index in [9.17, 15) is 13.2 Å². The van der Waals surface area contributed by atoms with Crippen molar-refractivity contribution in [2.75, 3.05) is 50.8 Å². The highest BCUT2D eigenvalue weighted by Gasteiger charge is 2.37. The topological polar surface area (TPSA) is 69.7 Å². The maximum absolute atomic E-state index is 12.1. The van der Waals surface area contributed by atoms with Crippen LogP contribution in [0.1, 0.15) is 12.8 Å². The van der Waals surface area contributed by atoms with Crippen molar-refractivity contribution in [2.24, 2.45) is 5.92 Å². The number of sulfone groups is 1. The number of hydrogen-bond acceptors (Lipinski definition) is 5. The van der Waals surface area contributed by atoms with Crippen molar-refractivity contribution in [1.82, 2.24) is 15.1 Å². The number of likely N-dealkylation sites (tertiary alicyclic amines) is 1. The zero-order valence-corrected chi connectivity index (χ0v) is 12.6. The zero-order valence-electron chi connectivity index (χ0n) is 11.8. The molecular weight excluding hydrogens is 278 g/mol. The summed E-state index contributed by atoms with van der Waals surface area (Å²) in [5.74, 6) is 0.645. The largest absolute Gasteiger partial charge is 0.339 e. The monoisotopic (exact) mass is 301 g/mol. The molecule has 3 aliphatic heterocycles. The molecule has 3 saturated heterocycles. The zero-order chi connectivity index (χ0) is 14.2. The molecule has 0 aromatic rings. The minimum atomic E-state index is -2.87. The second kappa shape index (κ2) is 5.61. The number of carbonyl (C=O) groups is 1. The summed E-state index contributed by atoms with van der Waals surface area (Å²) < 4.78 is 22.8. The standard InChI is InChI=1S/C13H23N3O3S/c17-13(7-11-1-6-20(18,19)10-11)16-8-12(9-16)15-4-2-14-3-5-15/h11-12,14H,1-10H2. The normalized spacial score (nSPS) is 31.2. The maximum Gasteiger partial charge on any atom is 0.222 e. The third-order valence-corrected chi connectivity index (χ3v) is 6.51. The van der Waals surface area contributed by atoms with Crippen LogP contribution in [-0.2, 0) is 14.6 Å². The van der Waals surface area contributed by atoms with Crippen molar-refractivity contribution in [3.63, 3.8) is 0 Å². The molecule has 1 amide bonds. The average Bonchev–Trinajstić information content (AvgIpc) is 2.68. The van der Waals surface area contributed by atoms with E-state index in [1.54, 1.807) is 0 Å². The number of amides is 1. The lowest BCUT2D eigenvalue weighted by Gasteiger charge is -2.47. The highest BCUT2D eigenvalue weighted by molar-refractivity contribution is 7.91. The Morgan fingerprint density at radius 3 is 2.50 bits per heavy atom. The van der Waals surface area contributed by atoms with Crippen molar-refractivity contribution < 1.29 is 13.2 Å². The van der Waals surface area contributed by atoms with E-state index in [0.29, 0.717) is 18.9 Å². The first kappa shape index (κ1) is 14.3.